The molecule has 2 heteroatoms. The van der Waals surface area contributed by atoms with Crippen molar-refractivity contribution in [2.24, 2.45) is 0 Å². The van der Waals surface area contributed by atoms with E-state index in [2.05, 4.69) is 38.1 Å². The molecule has 0 aliphatic rings. The van der Waals surface area contributed by atoms with E-state index in [-0.39, 0.29) is 0 Å². The van der Waals surface area contributed by atoms with Gasteiger partial charge in [0.15, 0.2) is 0 Å². The summed E-state index contributed by atoms with van der Waals surface area (Å²) in [5.74, 6) is 0. The Balaban J connectivity index is 0.000000371. The van der Waals surface area contributed by atoms with Gasteiger partial charge in [-0.05, 0) is 13.8 Å². The van der Waals surface area contributed by atoms with E-state index in [0.29, 0.717) is 10.1 Å². The maximum Gasteiger partial charge on any atom is 0.245 e. The van der Waals surface area contributed by atoms with Crippen LogP contribution in [-0.2, 0) is 4.46 Å². The predicted octanol–water partition coefficient (Wildman–Crippen LogP) is 1.27. The van der Waals surface area contributed by atoms with Crippen molar-refractivity contribution < 1.29 is 4.46 Å². The van der Waals surface area contributed by atoms with Gasteiger partial charge >= 0.3 is 0 Å². The molecule has 0 atom stereocenters. The molecule has 0 aliphatic carbocycles. The van der Waals surface area contributed by atoms with Crippen LogP contribution in [0.5, 0.6) is 0 Å². The Hall–Kier alpha value is -0.763. The largest absolute Gasteiger partial charge is 0.396 e. The van der Waals surface area contributed by atoms with Gasteiger partial charge in [-0.1, -0.05) is 35.4 Å². The first kappa shape index (κ1) is 9.24. The second kappa shape index (κ2) is 5.06. The van der Waals surface area contributed by atoms with E-state index in [0.717, 1.165) is 0 Å². The Morgan fingerprint density at radius 1 is 0.900 bits per heavy atom. The number of hydrogen-bond acceptors (Lipinski definition) is 1. The molecule has 0 radical (unpaired) electrons. The summed E-state index contributed by atoms with van der Waals surface area (Å²) in [5.41, 5.74) is 2.66. The van der Waals surface area contributed by atoms with Gasteiger partial charge < -0.3 is 4.46 Å². The molecule has 0 fully saturated rings. The topological polar surface area (TPSA) is 17.1 Å². The molecular weight excluding hydrogens is 140 g/mol. The van der Waals surface area contributed by atoms with Crippen LogP contribution in [0, 0.1) is 13.8 Å². The minimum atomic E-state index is 0.611. The molecule has 0 amide bonds. The summed E-state index contributed by atoms with van der Waals surface area (Å²) >= 11 is 0. The Labute approximate surface area is 64.6 Å². The maximum atomic E-state index is 8.28. The highest BCUT2D eigenvalue weighted by atomic mass is 28.1. The Kier molecular flexibility index (Phi) is 4.67. The molecule has 1 rings (SSSR count). The molecule has 0 aromatic heterocycles. The SMILES string of the molecule is Cc1ccc(C)cc1.O=[SiH2]. The van der Waals surface area contributed by atoms with E-state index in [9.17, 15) is 0 Å². The highest BCUT2D eigenvalue weighted by molar-refractivity contribution is 5.85. The number of hydrogen-bond donors (Lipinski definition) is 0. The van der Waals surface area contributed by atoms with Crippen LogP contribution < -0.4 is 0 Å². The summed E-state index contributed by atoms with van der Waals surface area (Å²) in [6.45, 7) is 4.19. The van der Waals surface area contributed by atoms with E-state index in [1.165, 1.54) is 11.1 Å². The lowest BCUT2D eigenvalue weighted by molar-refractivity contribution is 0.590. The van der Waals surface area contributed by atoms with E-state index < -0.39 is 0 Å². The summed E-state index contributed by atoms with van der Waals surface area (Å²) in [5, 5.41) is 0. The van der Waals surface area contributed by atoms with Crippen LogP contribution in [0.1, 0.15) is 11.1 Å². The van der Waals surface area contributed by atoms with Crippen LogP contribution in [0.2, 0.25) is 0 Å². The van der Waals surface area contributed by atoms with Gasteiger partial charge in [-0.2, -0.15) is 0 Å². The third-order valence-corrected chi connectivity index (χ3v) is 1.22. The van der Waals surface area contributed by atoms with Crippen molar-refractivity contribution in [1.82, 2.24) is 0 Å². The van der Waals surface area contributed by atoms with Gasteiger partial charge in [-0.15, -0.1) is 0 Å². The molecule has 0 aliphatic heterocycles. The van der Waals surface area contributed by atoms with E-state index in [1.807, 2.05) is 0 Å². The lowest BCUT2D eigenvalue weighted by Crippen LogP contribution is -1.70. The molecule has 0 saturated heterocycles. The first-order chi connectivity index (χ1) is 4.79. The Morgan fingerprint density at radius 3 is 1.30 bits per heavy atom. The second-order valence-electron chi connectivity index (χ2n) is 2.15. The molecule has 54 valence electrons. The second-order valence-corrected chi connectivity index (χ2v) is 2.15. The summed E-state index contributed by atoms with van der Waals surface area (Å²) in [4.78, 5) is 0. The smallest absolute Gasteiger partial charge is 0.245 e. The Bertz CT molecular complexity index is 160. The number of benzene rings is 1. The molecule has 10 heavy (non-hydrogen) atoms. The van der Waals surface area contributed by atoms with Crippen LogP contribution in [0.4, 0.5) is 0 Å². The average Bonchev–Trinajstić information content (AvgIpc) is 2.00. The first-order valence-corrected chi connectivity index (χ1v) is 3.69. The summed E-state index contributed by atoms with van der Waals surface area (Å²) < 4.78 is 8.28. The van der Waals surface area contributed by atoms with Crippen molar-refractivity contribution in [2.45, 2.75) is 13.8 Å². The van der Waals surface area contributed by atoms with Crippen molar-refractivity contribution in [3.63, 3.8) is 0 Å². The van der Waals surface area contributed by atoms with Gasteiger partial charge in [-0.3, -0.25) is 0 Å². The molecule has 1 aromatic carbocycles. The summed E-state index contributed by atoms with van der Waals surface area (Å²) in [6, 6.07) is 8.48. The van der Waals surface area contributed by atoms with Gasteiger partial charge in [0.25, 0.3) is 0 Å². The molecule has 1 nitrogen and oxygen atoms in total. The predicted molar refractivity (Wildman–Crippen MR) is 45.1 cm³/mol. The fourth-order valence-electron chi connectivity index (χ4n) is 0.637. The van der Waals surface area contributed by atoms with Crippen molar-refractivity contribution in [3.05, 3.63) is 35.4 Å². The van der Waals surface area contributed by atoms with Gasteiger partial charge in [0.05, 0.1) is 0 Å². The highest BCUT2D eigenvalue weighted by Gasteiger charge is 1.79. The van der Waals surface area contributed by atoms with E-state index >= 15 is 0 Å². The monoisotopic (exact) mass is 152 g/mol. The molecule has 0 heterocycles. The number of aryl methyl sites for hydroxylation is 2. The summed E-state index contributed by atoms with van der Waals surface area (Å²) in [6.07, 6.45) is 0. The zero-order valence-corrected chi connectivity index (χ0v) is 7.84. The van der Waals surface area contributed by atoms with E-state index in [1.54, 1.807) is 0 Å². The fraction of sp³-hybridized carbons (Fsp3) is 0.250. The van der Waals surface area contributed by atoms with Crippen LogP contribution in [0.15, 0.2) is 24.3 Å². The molecule has 0 N–H and O–H groups in total. The molecule has 1 aromatic rings. The molecule has 0 spiro atoms. The summed E-state index contributed by atoms with van der Waals surface area (Å²) in [7, 11) is 0.611. The zero-order valence-electron chi connectivity index (χ0n) is 6.42. The fourth-order valence-corrected chi connectivity index (χ4v) is 0.637. The minimum absolute atomic E-state index is 0.611. The Morgan fingerprint density at radius 2 is 1.10 bits per heavy atom. The highest BCUT2D eigenvalue weighted by Crippen LogP contribution is 1.99. The van der Waals surface area contributed by atoms with Crippen LogP contribution in [-0.4, -0.2) is 10.1 Å². The lowest BCUT2D eigenvalue weighted by atomic mass is 10.2. The average molecular weight is 152 g/mol. The molecule has 0 saturated carbocycles. The molecule has 0 bridgehead atoms. The van der Waals surface area contributed by atoms with Crippen LogP contribution >= 0.6 is 0 Å². The lowest BCUT2D eigenvalue weighted by Gasteiger charge is -1.90. The van der Waals surface area contributed by atoms with Crippen molar-refractivity contribution in [1.29, 1.82) is 0 Å². The van der Waals surface area contributed by atoms with Gasteiger partial charge in [-0.25, -0.2) is 0 Å². The van der Waals surface area contributed by atoms with E-state index in [4.69, 9.17) is 4.46 Å². The van der Waals surface area contributed by atoms with Gasteiger partial charge in [0.1, 0.15) is 0 Å². The van der Waals surface area contributed by atoms with Crippen molar-refractivity contribution in [2.75, 3.05) is 0 Å². The molecule has 0 unspecified atom stereocenters. The standard InChI is InChI=1S/C8H10.H2OSi/c1-7-3-5-8(2)6-4-7;1-2/h3-6H,1-2H3;2H2. The van der Waals surface area contributed by atoms with Gasteiger partial charge in [0.2, 0.25) is 10.1 Å². The van der Waals surface area contributed by atoms with Gasteiger partial charge in [0, 0.05) is 0 Å². The maximum absolute atomic E-state index is 8.28. The van der Waals surface area contributed by atoms with Crippen LogP contribution in [0.25, 0.3) is 0 Å². The van der Waals surface area contributed by atoms with Crippen LogP contribution in [0.3, 0.4) is 0 Å². The van der Waals surface area contributed by atoms with Crippen molar-refractivity contribution in [3.8, 4) is 0 Å². The van der Waals surface area contributed by atoms with Crippen molar-refractivity contribution >= 4 is 10.1 Å². The first-order valence-electron chi connectivity index (χ1n) is 3.11. The quantitative estimate of drug-likeness (QED) is 0.512. The zero-order chi connectivity index (χ0) is 7.98. The number of rotatable bonds is 0. The third kappa shape index (κ3) is 3.30. The third-order valence-electron chi connectivity index (χ3n) is 1.22. The normalized spacial score (nSPS) is 7.80. The molecular formula is C8H12OSi. The minimum Gasteiger partial charge on any atom is -0.396 e.